The van der Waals surface area contributed by atoms with Crippen LogP contribution in [0.25, 0.3) is 22.8 Å². The van der Waals surface area contributed by atoms with Crippen molar-refractivity contribution in [2.75, 3.05) is 4.90 Å². The first-order chi connectivity index (χ1) is 20.4. The van der Waals surface area contributed by atoms with Crippen LogP contribution in [0.15, 0.2) is 154 Å². The number of hydrogen-bond donors (Lipinski definition) is 0. The van der Waals surface area contributed by atoms with Gasteiger partial charge in [-0.15, -0.1) is 0 Å². The van der Waals surface area contributed by atoms with Gasteiger partial charge in [0.1, 0.15) is 0 Å². The molecule has 7 rings (SSSR count). The van der Waals surface area contributed by atoms with Crippen LogP contribution in [0.5, 0.6) is 0 Å². The zero-order valence-electron chi connectivity index (χ0n) is 23.9. The Morgan fingerprint density at radius 1 is 0.857 bits per heavy atom. The van der Waals surface area contributed by atoms with E-state index in [1.165, 1.54) is 33.4 Å². The Balaban J connectivity index is 1.44. The molecule has 0 saturated carbocycles. The molecule has 2 unspecified atom stereocenters. The Labute approximate surface area is 255 Å². The number of allylic oxidation sites excluding steroid dienone is 9. The summed E-state index contributed by atoms with van der Waals surface area (Å²) in [5.41, 5.74) is 9.37. The summed E-state index contributed by atoms with van der Waals surface area (Å²) in [5, 5.41) is 0. The van der Waals surface area contributed by atoms with Gasteiger partial charge in [-0.1, -0.05) is 127 Å². The lowest BCUT2D eigenvalue weighted by Crippen LogP contribution is -2.40. The van der Waals surface area contributed by atoms with Crippen molar-refractivity contribution in [3.8, 4) is 22.8 Å². The molecular weight excluding hydrogens is 580 g/mol. The molecule has 1 aliphatic heterocycles. The number of aromatic nitrogens is 3. The molecule has 4 aliphatic rings. The van der Waals surface area contributed by atoms with Gasteiger partial charge in [-0.05, 0) is 58.6 Å². The lowest BCUT2D eigenvalue weighted by molar-refractivity contribution is 0.571. The molecule has 0 N–H and O–H groups in total. The number of halogens is 1. The van der Waals surface area contributed by atoms with E-state index >= 15 is 0 Å². The summed E-state index contributed by atoms with van der Waals surface area (Å²) in [6.07, 6.45) is 17.8. The number of benzene rings is 2. The van der Waals surface area contributed by atoms with E-state index in [1.54, 1.807) is 0 Å². The van der Waals surface area contributed by atoms with Crippen molar-refractivity contribution in [2.45, 2.75) is 32.9 Å². The lowest BCUT2D eigenvalue weighted by atomic mass is 9.77. The van der Waals surface area contributed by atoms with Crippen molar-refractivity contribution in [3.63, 3.8) is 0 Å². The summed E-state index contributed by atoms with van der Waals surface area (Å²) in [6.45, 7) is 10.9. The minimum Gasteiger partial charge on any atom is -0.320 e. The van der Waals surface area contributed by atoms with E-state index in [-0.39, 0.29) is 17.5 Å². The van der Waals surface area contributed by atoms with Crippen molar-refractivity contribution in [3.05, 3.63) is 154 Å². The van der Waals surface area contributed by atoms with E-state index in [1.807, 2.05) is 42.5 Å². The highest BCUT2D eigenvalue weighted by atomic mass is 79.9. The van der Waals surface area contributed by atoms with Crippen LogP contribution >= 0.6 is 15.9 Å². The fourth-order valence-electron chi connectivity index (χ4n) is 6.65. The Morgan fingerprint density at radius 2 is 1.48 bits per heavy atom. The van der Waals surface area contributed by atoms with Crippen LogP contribution in [-0.4, -0.2) is 27.0 Å². The summed E-state index contributed by atoms with van der Waals surface area (Å²) in [4.78, 5) is 17.6. The van der Waals surface area contributed by atoms with Gasteiger partial charge in [0.25, 0.3) is 0 Å². The average Bonchev–Trinajstić information content (AvgIpc) is 3.44. The first kappa shape index (κ1) is 26.5. The normalized spacial score (nSPS) is 22.1. The third-order valence-electron chi connectivity index (χ3n) is 8.60. The molecule has 2 heterocycles. The number of hydrogen-bond acceptors (Lipinski definition) is 4. The van der Waals surface area contributed by atoms with Crippen LogP contribution in [0.2, 0.25) is 0 Å². The average molecular weight is 612 g/mol. The van der Waals surface area contributed by atoms with Crippen LogP contribution in [0, 0.1) is 5.41 Å². The fraction of sp³-hybridized carbons (Fsp3) is 0.162. The summed E-state index contributed by atoms with van der Waals surface area (Å²) in [5.74, 6) is 1.99. The van der Waals surface area contributed by atoms with Gasteiger partial charge in [-0.25, -0.2) is 4.98 Å². The zero-order chi connectivity index (χ0) is 29.0. The van der Waals surface area contributed by atoms with Gasteiger partial charge in [0.2, 0.25) is 5.95 Å². The molecule has 1 aromatic heterocycles. The highest BCUT2D eigenvalue weighted by Crippen LogP contribution is 2.55. The monoisotopic (exact) mass is 610 g/mol. The van der Waals surface area contributed by atoms with E-state index in [9.17, 15) is 0 Å². The van der Waals surface area contributed by atoms with Gasteiger partial charge in [-0.3, -0.25) is 0 Å². The SMILES string of the molecule is C=CC1=C(/C=C\C)C2=CC3=C4C=C(Br)C=CC4N(c4nc(-c5ccccc5)nc(-c5ccccc5)n4)C3C=C2C1(C)C. The van der Waals surface area contributed by atoms with E-state index in [0.717, 1.165) is 15.6 Å². The van der Waals surface area contributed by atoms with Gasteiger partial charge in [0, 0.05) is 21.0 Å². The summed E-state index contributed by atoms with van der Waals surface area (Å²) in [6, 6.07) is 20.3. The number of anilines is 1. The van der Waals surface area contributed by atoms with Crippen LogP contribution in [0.3, 0.4) is 0 Å². The highest BCUT2D eigenvalue weighted by molar-refractivity contribution is 9.11. The molecule has 0 amide bonds. The minimum atomic E-state index is -0.173. The maximum Gasteiger partial charge on any atom is 0.231 e. The van der Waals surface area contributed by atoms with Crippen LogP contribution in [0.4, 0.5) is 5.95 Å². The molecule has 0 bridgehead atoms. The summed E-state index contributed by atoms with van der Waals surface area (Å²) < 4.78 is 1.06. The topological polar surface area (TPSA) is 41.9 Å². The van der Waals surface area contributed by atoms with Gasteiger partial charge < -0.3 is 4.90 Å². The predicted octanol–water partition coefficient (Wildman–Crippen LogP) is 8.87. The molecule has 206 valence electrons. The minimum absolute atomic E-state index is 0.00962. The molecule has 2 atom stereocenters. The molecule has 0 radical (unpaired) electrons. The smallest absolute Gasteiger partial charge is 0.231 e. The molecule has 0 saturated heterocycles. The number of fused-ring (bicyclic) bond motifs is 3. The molecule has 2 aromatic carbocycles. The molecule has 4 nitrogen and oxygen atoms in total. The number of nitrogens with zero attached hydrogens (tertiary/aromatic N) is 4. The Bertz CT molecular complexity index is 1780. The van der Waals surface area contributed by atoms with Crippen molar-refractivity contribution in [1.29, 1.82) is 0 Å². The lowest BCUT2D eigenvalue weighted by Gasteiger charge is -2.34. The Hall–Kier alpha value is -4.35. The third kappa shape index (κ3) is 4.14. The first-order valence-corrected chi connectivity index (χ1v) is 15.1. The molecule has 42 heavy (non-hydrogen) atoms. The van der Waals surface area contributed by atoms with Gasteiger partial charge in [0.15, 0.2) is 11.6 Å². The summed E-state index contributed by atoms with van der Waals surface area (Å²) >= 11 is 3.74. The fourth-order valence-corrected chi connectivity index (χ4v) is 7.05. The molecule has 3 aromatic rings. The van der Waals surface area contributed by atoms with Crippen molar-refractivity contribution in [1.82, 2.24) is 15.0 Å². The second-order valence-electron chi connectivity index (χ2n) is 11.4. The predicted molar refractivity (Wildman–Crippen MR) is 176 cm³/mol. The molecule has 3 aliphatic carbocycles. The molecule has 0 spiro atoms. The maximum atomic E-state index is 5.13. The second-order valence-corrected chi connectivity index (χ2v) is 12.3. The zero-order valence-corrected chi connectivity index (χ0v) is 25.5. The van der Waals surface area contributed by atoms with Crippen molar-refractivity contribution < 1.29 is 0 Å². The Kier molecular flexibility index (Phi) is 6.43. The molecule has 0 fully saturated rings. The van der Waals surface area contributed by atoms with Crippen molar-refractivity contribution >= 4 is 21.9 Å². The quantitative estimate of drug-likeness (QED) is 0.289. The standard InChI is InChI=1S/C37H31BrN4/c1-5-13-26-27-21-29-28-20-25(38)18-19-32(28)42(33(29)22-31(27)37(3,4)30(26)6-2)36-40-34(23-14-9-7-10-15-23)39-35(41-36)24-16-11-8-12-17-24/h5-22,32-33H,2H2,1,3-4H3/b13-5-. The van der Waals surface area contributed by atoms with E-state index in [4.69, 9.17) is 15.0 Å². The van der Waals surface area contributed by atoms with E-state index < -0.39 is 0 Å². The third-order valence-corrected chi connectivity index (χ3v) is 9.09. The second kappa shape index (κ2) is 10.2. The number of rotatable bonds is 5. The van der Waals surface area contributed by atoms with Crippen LogP contribution < -0.4 is 4.90 Å². The van der Waals surface area contributed by atoms with Gasteiger partial charge >= 0.3 is 0 Å². The maximum absolute atomic E-state index is 5.13. The largest absolute Gasteiger partial charge is 0.320 e. The first-order valence-electron chi connectivity index (χ1n) is 14.3. The summed E-state index contributed by atoms with van der Waals surface area (Å²) in [7, 11) is 0. The Morgan fingerprint density at radius 3 is 2.07 bits per heavy atom. The van der Waals surface area contributed by atoms with E-state index in [0.29, 0.717) is 17.6 Å². The highest BCUT2D eigenvalue weighted by Gasteiger charge is 2.46. The van der Waals surface area contributed by atoms with E-state index in [2.05, 4.69) is 115 Å². The molecule has 5 heteroatoms. The molecular formula is C37H31BrN4. The van der Waals surface area contributed by atoms with Gasteiger partial charge in [0.05, 0.1) is 12.1 Å². The van der Waals surface area contributed by atoms with Crippen LogP contribution in [0.1, 0.15) is 20.8 Å². The van der Waals surface area contributed by atoms with Gasteiger partial charge in [-0.2, -0.15) is 9.97 Å². The van der Waals surface area contributed by atoms with Crippen molar-refractivity contribution in [2.24, 2.45) is 5.41 Å². The van der Waals surface area contributed by atoms with Crippen LogP contribution in [-0.2, 0) is 0 Å².